The van der Waals surface area contributed by atoms with Gasteiger partial charge in [0.1, 0.15) is 52.0 Å². The van der Waals surface area contributed by atoms with Crippen LogP contribution in [0.5, 0.6) is 34.5 Å². The van der Waals surface area contributed by atoms with Crippen molar-refractivity contribution in [2.24, 2.45) is 0 Å². The fourth-order valence-electron chi connectivity index (χ4n) is 16.0. The van der Waals surface area contributed by atoms with Gasteiger partial charge in [0.25, 0.3) is 0 Å². The number of amides is 3. The second-order valence-electron chi connectivity index (χ2n) is 47.0. The van der Waals surface area contributed by atoms with E-state index in [2.05, 4.69) is 286 Å². The molecule has 0 unspecified atom stereocenters. The lowest BCUT2D eigenvalue weighted by molar-refractivity contribution is -0.158. The Morgan fingerprint density at radius 3 is 0.450 bits per heavy atom. The highest BCUT2D eigenvalue weighted by Gasteiger charge is 2.37. The Labute approximate surface area is 724 Å². The molecule has 0 radical (unpaired) electrons. The predicted octanol–water partition coefficient (Wildman–Crippen LogP) is 23.3. The first-order valence-electron chi connectivity index (χ1n) is 44.0. The molecular formula is C105H156N6O9. The topological polar surface area (TPSA) is 221 Å². The first kappa shape index (κ1) is 98.7. The van der Waals surface area contributed by atoms with Crippen molar-refractivity contribution >= 4 is 17.7 Å². The third-order valence-electron chi connectivity index (χ3n) is 23.4. The molecule has 0 atom stereocenters. The summed E-state index contributed by atoms with van der Waals surface area (Å²) >= 11 is 0. The number of phenols is 6. The average Bonchev–Trinajstić information content (AvgIpc) is 0.803. The normalized spacial score (nSPS) is 14.1. The standard InChI is InChI=1S/C54H81N3O6.C51H75N3O3/c1-49(2,3)37-25-34(26-38(46(37)61)50(4,5)6)19-22-43(58)55-31-56(44(59)23-20-35-27-39(51(7,8)9)47(62)40(28-35)52(10,11)12)33-57(32-55)45(60)24-21-36-29-41(53(13,14)15)48(63)42(30-36)54(16,17)18;1-46(2,3)34-25-31(26-35(43(34)55)47(4,5)6)19-22-40-52-41(23-20-32-27-36(48(7,8)9)44(56)37(28-32)49(10,11)12)54-42(53-40)24-21-33-29-38(50(13,14)15)45(57)39(30-33)51(16,17)18/h25-30,61-63H,19-24,31-33H2,1-18H3;25-30,55-57H,19-24H2,1-18H3. The molecule has 0 bridgehead atoms. The molecule has 0 spiro atoms. The Balaban J connectivity index is 0.000000332. The van der Waals surface area contributed by atoms with Crippen LogP contribution in [-0.2, 0) is 137 Å². The quantitative estimate of drug-likeness (QED) is 0.0472. The van der Waals surface area contributed by atoms with Gasteiger partial charge in [-0.05, 0) is 204 Å². The summed E-state index contributed by atoms with van der Waals surface area (Å²) in [6, 6.07) is 24.9. The lowest BCUT2D eigenvalue weighted by atomic mass is 9.78. The highest BCUT2D eigenvalue weighted by molar-refractivity contribution is 5.82. The maximum Gasteiger partial charge on any atom is 0.225 e. The molecular weight excluding hydrogens is 1490 g/mol. The van der Waals surface area contributed by atoms with Gasteiger partial charge in [0.05, 0.1) is 20.0 Å². The SMILES string of the molecule is CC(C)(C)c1cc(CCC(=O)N2CN(C(=O)CCc3cc(C(C)(C)C)c(O)c(C(C)(C)C)c3)CN(C(=O)CCc3cc(C(C)(C)C)c(O)c(C(C)(C)C)c3)C2)cc(C(C)(C)C)c1O.CC(C)(C)c1cc(CCc2nc(CCc3cc(C(C)(C)C)c(O)c(C(C)(C)C)c3)nc(CCc3cc(C(C)(C)C)c(O)c(C(C)(C)C)c3)n2)cc(C(C)(C)C)c1O. The van der Waals surface area contributed by atoms with Gasteiger partial charge in [-0.25, -0.2) is 15.0 Å². The zero-order chi connectivity index (χ0) is 91.3. The van der Waals surface area contributed by atoms with E-state index in [1.54, 1.807) is 14.7 Å². The molecule has 120 heavy (non-hydrogen) atoms. The van der Waals surface area contributed by atoms with Crippen LogP contribution < -0.4 is 0 Å². The molecule has 1 saturated heterocycles. The van der Waals surface area contributed by atoms with Crippen molar-refractivity contribution in [1.82, 2.24) is 29.7 Å². The van der Waals surface area contributed by atoms with Gasteiger partial charge in [-0.2, -0.15) is 0 Å². The summed E-state index contributed by atoms with van der Waals surface area (Å²) in [5, 5.41) is 68.0. The molecule has 3 amide bonds. The maximum absolute atomic E-state index is 14.2. The lowest BCUT2D eigenvalue weighted by Crippen LogP contribution is -2.59. The van der Waals surface area contributed by atoms with Crippen LogP contribution in [0.25, 0.3) is 0 Å². The predicted molar refractivity (Wildman–Crippen MR) is 495 cm³/mol. The van der Waals surface area contributed by atoms with E-state index >= 15 is 0 Å². The first-order valence-corrected chi connectivity index (χ1v) is 44.0. The number of hydrogen-bond donors (Lipinski definition) is 6. The number of aromatic hydroxyl groups is 6. The maximum atomic E-state index is 14.2. The molecule has 2 heterocycles. The third kappa shape index (κ3) is 25.4. The molecule has 8 rings (SSSR count). The Morgan fingerprint density at radius 1 is 0.217 bits per heavy atom. The number of phenolic OH excluding ortho intramolecular Hbond substituents is 6. The number of carbonyl (C=O) groups is 3. The summed E-state index contributed by atoms with van der Waals surface area (Å²) in [5.41, 5.74) is 13.9. The van der Waals surface area contributed by atoms with Crippen LogP contribution in [0.4, 0.5) is 0 Å². The van der Waals surface area contributed by atoms with Gasteiger partial charge >= 0.3 is 0 Å². The summed E-state index contributed by atoms with van der Waals surface area (Å²) in [7, 11) is 0. The van der Waals surface area contributed by atoms with Gasteiger partial charge in [-0.1, -0.05) is 322 Å². The fourth-order valence-corrected chi connectivity index (χ4v) is 16.0. The molecule has 1 aromatic heterocycles. The molecule has 660 valence electrons. The highest BCUT2D eigenvalue weighted by Crippen LogP contribution is 2.47. The largest absolute Gasteiger partial charge is 0.507 e. The van der Waals surface area contributed by atoms with E-state index < -0.39 is 0 Å². The van der Waals surface area contributed by atoms with E-state index in [1.807, 2.05) is 36.4 Å². The van der Waals surface area contributed by atoms with Gasteiger partial charge in [0, 0.05) is 38.5 Å². The van der Waals surface area contributed by atoms with E-state index in [4.69, 9.17) is 15.0 Å². The average molecular weight is 1650 g/mol. The third-order valence-corrected chi connectivity index (χ3v) is 23.4. The van der Waals surface area contributed by atoms with Crippen molar-refractivity contribution in [3.8, 4) is 34.5 Å². The minimum Gasteiger partial charge on any atom is -0.507 e. The zero-order valence-electron chi connectivity index (χ0n) is 81.1. The number of carbonyl (C=O) groups excluding carboxylic acids is 3. The van der Waals surface area contributed by atoms with Crippen LogP contribution in [0.2, 0.25) is 0 Å². The molecule has 6 N–H and O–H groups in total. The zero-order valence-corrected chi connectivity index (χ0v) is 81.1. The molecule has 1 aliphatic heterocycles. The summed E-state index contributed by atoms with van der Waals surface area (Å²) in [6.45, 7) is 76.1. The minimum absolute atomic E-state index is 0.0649. The summed E-state index contributed by atoms with van der Waals surface area (Å²) in [5.74, 6) is 3.84. The van der Waals surface area contributed by atoms with Gasteiger partial charge in [-0.3, -0.25) is 14.4 Å². The van der Waals surface area contributed by atoms with Crippen LogP contribution in [0.3, 0.4) is 0 Å². The summed E-state index contributed by atoms with van der Waals surface area (Å²) in [4.78, 5) is 62.8. The number of benzene rings is 6. The molecule has 7 aromatic rings. The molecule has 1 fully saturated rings. The Bertz CT molecular complexity index is 4140. The van der Waals surface area contributed by atoms with E-state index in [-0.39, 0.29) is 139 Å². The van der Waals surface area contributed by atoms with Crippen molar-refractivity contribution in [2.75, 3.05) is 20.0 Å². The highest BCUT2D eigenvalue weighted by atomic mass is 16.3. The number of rotatable bonds is 18. The van der Waals surface area contributed by atoms with Gasteiger partial charge < -0.3 is 45.3 Å². The van der Waals surface area contributed by atoms with Crippen molar-refractivity contribution in [1.29, 1.82) is 0 Å². The summed E-state index contributed by atoms with van der Waals surface area (Å²) < 4.78 is 0. The Hall–Kier alpha value is -8.46. The van der Waals surface area contributed by atoms with Crippen molar-refractivity contribution in [3.63, 3.8) is 0 Å². The monoisotopic (exact) mass is 1650 g/mol. The van der Waals surface area contributed by atoms with Crippen molar-refractivity contribution in [2.45, 2.75) is 391 Å². The number of hydrogen-bond acceptors (Lipinski definition) is 12. The van der Waals surface area contributed by atoms with E-state index in [0.717, 1.165) is 137 Å². The van der Waals surface area contributed by atoms with E-state index in [1.165, 1.54) is 0 Å². The van der Waals surface area contributed by atoms with Crippen LogP contribution in [-0.4, -0.2) is 98.0 Å². The van der Waals surface area contributed by atoms with Crippen LogP contribution in [0, 0.1) is 0 Å². The molecule has 15 heteroatoms. The van der Waals surface area contributed by atoms with Gasteiger partial charge in [-0.15, -0.1) is 0 Å². The van der Waals surface area contributed by atoms with Crippen LogP contribution in [0.15, 0.2) is 72.8 Å². The molecule has 0 aliphatic carbocycles. The van der Waals surface area contributed by atoms with E-state index in [9.17, 15) is 45.0 Å². The van der Waals surface area contributed by atoms with E-state index in [0.29, 0.717) is 55.8 Å². The fraction of sp³-hybridized carbons (Fsp3) is 0.600. The Morgan fingerprint density at radius 2 is 0.333 bits per heavy atom. The van der Waals surface area contributed by atoms with Gasteiger partial charge in [0.2, 0.25) is 17.7 Å². The van der Waals surface area contributed by atoms with Crippen molar-refractivity contribution in [3.05, 3.63) is 190 Å². The molecule has 0 saturated carbocycles. The number of aryl methyl sites for hydroxylation is 9. The minimum atomic E-state index is -0.315. The number of nitrogens with zero attached hydrogens (tertiary/aromatic N) is 6. The van der Waals surface area contributed by atoms with Gasteiger partial charge in [0.15, 0.2) is 0 Å². The smallest absolute Gasteiger partial charge is 0.225 e. The van der Waals surface area contributed by atoms with Crippen LogP contribution >= 0.6 is 0 Å². The number of aromatic nitrogens is 3. The summed E-state index contributed by atoms with van der Waals surface area (Å²) in [6.07, 6.45) is 5.93. The second kappa shape index (κ2) is 35.8. The molecule has 1 aliphatic rings. The molecule has 15 nitrogen and oxygen atoms in total. The van der Waals surface area contributed by atoms with Crippen LogP contribution in [0.1, 0.15) is 386 Å². The Kier molecular flexibility index (Phi) is 29.4. The first-order chi connectivity index (χ1) is 54.3. The second-order valence-corrected chi connectivity index (χ2v) is 47.0. The lowest BCUT2D eigenvalue weighted by Gasteiger charge is -2.42. The van der Waals surface area contributed by atoms with Crippen molar-refractivity contribution < 1.29 is 45.0 Å². The molecule has 6 aromatic carbocycles.